The Morgan fingerprint density at radius 3 is 2.48 bits per heavy atom. The molecular formula is C23H26N2O2. The number of amides is 1. The molecule has 4 nitrogen and oxygen atoms in total. The molecule has 0 aromatic heterocycles. The molecule has 0 aliphatic rings. The number of carbonyl (C=O) groups excluding carboxylic acids is 1. The molecule has 0 radical (unpaired) electrons. The predicted octanol–water partition coefficient (Wildman–Crippen LogP) is 4.70. The Labute approximate surface area is 160 Å². The highest BCUT2D eigenvalue weighted by Crippen LogP contribution is 2.23. The molecular weight excluding hydrogens is 336 g/mol. The van der Waals surface area contributed by atoms with Crippen molar-refractivity contribution in [1.82, 2.24) is 4.90 Å². The summed E-state index contributed by atoms with van der Waals surface area (Å²) in [5.74, 6) is 0.852. The Hall–Kier alpha value is -2.85. The second kappa shape index (κ2) is 8.69. The van der Waals surface area contributed by atoms with Crippen LogP contribution in [0.15, 0.2) is 66.7 Å². The maximum Gasteiger partial charge on any atom is 0.241 e. The van der Waals surface area contributed by atoms with E-state index in [2.05, 4.69) is 5.32 Å². The van der Waals surface area contributed by atoms with Gasteiger partial charge in [-0.05, 0) is 50.0 Å². The van der Waals surface area contributed by atoms with Gasteiger partial charge in [-0.25, -0.2) is 0 Å². The summed E-state index contributed by atoms with van der Waals surface area (Å²) in [5.41, 5.74) is 1.99. The number of hydrogen-bond donors (Lipinski definition) is 1. The lowest BCUT2D eigenvalue weighted by Gasteiger charge is -2.24. The number of hydrogen-bond acceptors (Lipinski definition) is 3. The molecule has 140 valence electrons. The monoisotopic (exact) mass is 362 g/mol. The molecule has 0 spiro atoms. The number of fused-ring (bicyclic) bond motifs is 1. The lowest BCUT2D eigenvalue weighted by atomic mass is 10.1. The first-order chi connectivity index (χ1) is 13.1. The van der Waals surface area contributed by atoms with E-state index >= 15 is 0 Å². The first-order valence-corrected chi connectivity index (χ1v) is 9.29. The summed E-state index contributed by atoms with van der Waals surface area (Å²) < 4.78 is 5.48. The largest absolute Gasteiger partial charge is 0.494 e. The minimum Gasteiger partial charge on any atom is -0.494 e. The van der Waals surface area contributed by atoms with Gasteiger partial charge in [0.1, 0.15) is 5.75 Å². The van der Waals surface area contributed by atoms with Crippen molar-refractivity contribution < 1.29 is 9.53 Å². The summed E-state index contributed by atoms with van der Waals surface area (Å²) in [5, 5.41) is 5.24. The fourth-order valence-corrected chi connectivity index (χ4v) is 3.05. The summed E-state index contributed by atoms with van der Waals surface area (Å²) in [6, 6.07) is 21.8. The van der Waals surface area contributed by atoms with Crippen LogP contribution in [0, 0.1) is 0 Å². The van der Waals surface area contributed by atoms with Gasteiger partial charge in [0.2, 0.25) is 5.91 Å². The van der Waals surface area contributed by atoms with Crippen LogP contribution in [0.3, 0.4) is 0 Å². The van der Waals surface area contributed by atoms with Crippen molar-refractivity contribution in [2.45, 2.75) is 26.4 Å². The molecule has 0 saturated heterocycles. The minimum absolute atomic E-state index is 0.0141. The van der Waals surface area contributed by atoms with Crippen LogP contribution in [0.4, 0.5) is 5.69 Å². The van der Waals surface area contributed by atoms with Crippen LogP contribution in [0.2, 0.25) is 0 Å². The maximum absolute atomic E-state index is 12.8. The van der Waals surface area contributed by atoms with Gasteiger partial charge in [0.25, 0.3) is 0 Å². The average molecular weight is 362 g/mol. The van der Waals surface area contributed by atoms with E-state index < -0.39 is 0 Å². The molecule has 27 heavy (non-hydrogen) atoms. The van der Waals surface area contributed by atoms with Crippen LogP contribution in [0.5, 0.6) is 5.75 Å². The lowest BCUT2D eigenvalue weighted by molar-refractivity contribution is -0.120. The van der Waals surface area contributed by atoms with E-state index in [1.54, 1.807) is 0 Å². The second-order valence-corrected chi connectivity index (χ2v) is 6.68. The van der Waals surface area contributed by atoms with Crippen molar-refractivity contribution in [3.8, 4) is 5.75 Å². The summed E-state index contributed by atoms with van der Waals surface area (Å²) in [4.78, 5) is 14.8. The fourth-order valence-electron chi connectivity index (χ4n) is 3.05. The van der Waals surface area contributed by atoms with Crippen molar-refractivity contribution in [1.29, 1.82) is 0 Å². The topological polar surface area (TPSA) is 41.6 Å². The second-order valence-electron chi connectivity index (χ2n) is 6.68. The molecule has 0 bridgehead atoms. The van der Waals surface area contributed by atoms with Gasteiger partial charge in [0.05, 0.1) is 12.6 Å². The van der Waals surface area contributed by atoms with Crippen LogP contribution >= 0.6 is 0 Å². The first kappa shape index (κ1) is 18.9. The minimum atomic E-state index is -0.254. The SMILES string of the molecule is CCOc1ccc(CN(C)C(C)C(=O)Nc2cccc3ccccc23)cc1. The quantitative estimate of drug-likeness (QED) is 0.662. The van der Waals surface area contributed by atoms with Crippen molar-refractivity contribution in [2.24, 2.45) is 0 Å². The Balaban J connectivity index is 1.65. The van der Waals surface area contributed by atoms with Gasteiger partial charge >= 0.3 is 0 Å². The van der Waals surface area contributed by atoms with E-state index in [0.717, 1.165) is 27.8 Å². The Morgan fingerprint density at radius 2 is 1.74 bits per heavy atom. The molecule has 1 amide bonds. The molecule has 3 rings (SSSR count). The smallest absolute Gasteiger partial charge is 0.241 e. The highest BCUT2D eigenvalue weighted by Gasteiger charge is 2.19. The van der Waals surface area contributed by atoms with Gasteiger partial charge in [0.15, 0.2) is 0 Å². The number of benzene rings is 3. The molecule has 0 fully saturated rings. The van der Waals surface area contributed by atoms with Crippen LogP contribution < -0.4 is 10.1 Å². The van der Waals surface area contributed by atoms with Gasteiger partial charge in [-0.1, -0.05) is 48.5 Å². The molecule has 1 unspecified atom stereocenters. The van der Waals surface area contributed by atoms with Gasteiger partial charge in [-0.15, -0.1) is 0 Å². The third-order valence-corrected chi connectivity index (χ3v) is 4.75. The Morgan fingerprint density at radius 1 is 1.04 bits per heavy atom. The molecule has 1 atom stereocenters. The number of carbonyl (C=O) groups is 1. The van der Waals surface area contributed by atoms with Gasteiger partial charge in [-0.3, -0.25) is 9.69 Å². The number of rotatable bonds is 7. The first-order valence-electron chi connectivity index (χ1n) is 9.29. The Kier molecular flexibility index (Phi) is 6.09. The molecule has 4 heteroatoms. The zero-order valence-corrected chi connectivity index (χ0v) is 16.1. The van der Waals surface area contributed by atoms with E-state index in [0.29, 0.717) is 13.2 Å². The van der Waals surface area contributed by atoms with Gasteiger partial charge in [-0.2, -0.15) is 0 Å². The molecule has 1 N–H and O–H groups in total. The molecule has 0 heterocycles. The molecule has 0 aliphatic heterocycles. The highest BCUT2D eigenvalue weighted by atomic mass is 16.5. The predicted molar refractivity (Wildman–Crippen MR) is 111 cm³/mol. The molecule has 0 saturated carbocycles. The molecule has 3 aromatic carbocycles. The zero-order chi connectivity index (χ0) is 19.2. The van der Waals surface area contributed by atoms with Crippen molar-refractivity contribution in [2.75, 3.05) is 19.0 Å². The third kappa shape index (κ3) is 4.66. The van der Waals surface area contributed by atoms with E-state index in [1.165, 1.54) is 0 Å². The number of nitrogens with zero attached hydrogens (tertiary/aromatic N) is 1. The van der Waals surface area contributed by atoms with Crippen LogP contribution in [-0.2, 0) is 11.3 Å². The Bertz CT molecular complexity index is 900. The van der Waals surface area contributed by atoms with Crippen LogP contribution in [0.25, 0.3) is 10.8 Å². The fraction of sp³-hybridized carbons (Fsp3) is 0.261. The third-order valence-electron chi connectivity index (χ3n) is 4.75. The van der Waals surface area contributed by atoms with Crippen molar-refractivity contribution >= 4 is 22.4 Å². The van der Waals surface area contributed by atoms with Crippen molar-refractivity contribution in [3.05, 3.63) is 72.3 Å². The summed E-state index contributed by atoms with van der Waals surface area (Å²) >= 11 is 0. The normalized spacial score (nSPS) is 12.1. The summed E-state index contributed by atoms with van der Waals surface area (Å²) in [6.45, 7) is 5.24. The van der Waals surface area contributed by atoms with Crippen LogP contribution in [0.1, 0.15) is 19.4 Å². The zero-order valence-electron chi connectivity index (χ0n) is 16.1. The molecule has 0 aliphatic carbocycles. The van der Waals surface area contributed by atoms with Gasteiger partial charge < -0.3 is 10.1 Å². The van der Waals surface area contributed by atoms with Gasteiger partial charge in [0, 0.05) is 17.6 Å². The number of likely N-dealkylation sites (N-methyl/N-ethyl adjacent to an activating group) is 1. The van der Waals surface area contributed by atoms with E-state index in [1.807, 2.05) is 92.5 Å². The number of ether oxygens (including phenoxy) is 1. The van der Waals surface area contributed by atoms with E-state index in [-0.39, 0.29) is 11.9 Å². The van der Waals surface area contributed by atoms with Crippen LogP contribution in [-0.4, -0.2) is 30.5 Å². The summed E-state index contributed by atoms with van der Waals surface area (Å²) in [6.07, 6.45) is 0. The maximum atomic E-state index is 12.8. The summed E-state index contributed by atoms with van der Waals surface area (Å²) in [7, 11) is 1.96. The highest BCUT2D eigenvalue weighted by molar-refractivity contribution is 6.03. The molecule has 3 aromatic rings. The number of anilines is 1. The number of nitrogens with one attached hydrogen (secondary N) is 1. The average Bonchev–Trinajstić information content (AvgIpc) is 2.69. The van der Waals surface area contributed by atoms with E-state index in [4.69, 9.17) is 4.74 Å². The van der Waals surface area contributed by atoms with Crippen molar-refractivity contribution in [3.63, 3.8) is 0 Å². The lowest BCUT2D eigenvalue weighted by Crippen LogP contribution is -2.39. The standard InChI is InChI=1S/C23H26N2O2/c1-4-27-20-14-12-18(13-15-20)16-25(3)17(2)23(26)24-22-11-7-9-19-8-5-6-10-21(19)22/h5-15,17H,4,16H2,1-3H3,(H,24,26). The van der Waals surface area contributed by atoms with E-state index in [9.17, 15) is 4.79 Å².